The number of carbonyl (C=O) groups excluding carboxylic acids is 1. The van der Waals surface area contributed by atoms with Crippen molar-refractivity contribution in [2.45, 2.75) is 52.4 Å². The number of hydrogen-bond donors (Lipinski definition) is 1. The summed E-state index contributed by atoms with van der Waals surface area (Å²) in [6.07, 6.45) is 9.09. The van der Waals surface area contributed by atoms with Gasteiger partial charge in [-0.1, -0.05) is 56.5 Å². The molecule has 0 spiro atoms. The summed E-state index contributed by atoms with van der Waals surface area (Å²) in [5.41, 5.74) is 3.48. The molecule has 2 nitrogen and oxygen atoms in total. The van der Waals surface area contributed by atoms with E-state index in [4.69, 9.17) is 0 Å². The molecule has 110 valence electrons. The van der Waals surface area contributed by atoms with Crippen molar-refractivity contribution >= 4 is 5.91 Å². The van der Waals surface area contributed by atoms with E-state index in [0.29, 0.717) is 0 Å². The van der Waals surface area contributed by atoms with Crippen LogP contribution in [0.5, 0.6) is 0 Å². The van der Waals surface area contributed by atoms with E-state index in [1.165, 1.54) is 24.8 Å². The Hall–Kier alpha value is -1.57. The van der Waals surface area contributed by atoms with Gasteiger partial charge in [0.2, 0.25) is 0 Å². The van der Waals surface area contributed by atoms with Gasteiger partial charge in [-0.25, -0.2) is 0 Å². The Labute approximate surface area is 123 Å². The quantitative estimate of drug-likeness (QED) is 0.694. The fraction of sp³-hybridized carbons (Fsp3) is 0.500. The van der Waals surface area contributed by atoms with Gasteiger partial charge in [0.15, 0.2) is 0 Å². The van der Waals surface area contributed by atoms with Crippen molar-refractivity contribution in [2.24, 2.45) is 0 Å². The molecule has 0 bridgehead atoms. The molecule has 0 unspecified atom stereocenters. The van der Waals surface area contributed by atoms with E-state index in [0.717, 1.165) is 30.4 Å². The van der Waals surface area contributed by atoms with Crippen LogP contribution in [-0.2, 0) is 6.42 Å². The van der Waals surface area contributed by atoms with Crippen LogP contribution in [0.15, 0.2) is 35.9 Å². The molecular weight excluding hydrogens is 246 g/mol. The van der Waals surface area contributed by atoms with Crippen LogP contribution in [0.3, 0.4) is 0 Å². The maximum absolute atomic E-state index is 11.9. The lowest BCUT2D eigenvalue weighted by atomic mass is 9.96. The van der Waals surface area contributed by atoms with Gasteiger partial charge >= 0.3 is 0 Å². The minimum absolute atomic E-state index is 0.00943. The number of benzene rings is 1. The predicted molar refractivity (Wildman–Crippen MR) is 86.1 cm³/mol. The summed E-state index contributed by atoms with van der Waals surface area (Å²) < 4.78 is 0. The second kappa shape index (κ2) is 9.35. The summed E-state index contributed by atoms with van der Waals surface area (Å²) in [5, 5.41) is 2.72. The van der Waals surface area contributed by atoms with E-state index < -0.39 is 0 Å². The molecular formula is C18H27NO. The van der Waals surface area contributed by atoms with Crippen LogP contribution >= 0.6 is 0 Å². The third kappa shape index (κ3) is 5.20. The number of hydrogen-bond acceptors (Lipinski definition) is 1. The highest BCUT2D eigenvalue weighted by molar-refractivity contribution is 5.95. The highest BCUT2D eigenvalue weighted by Crippen LogP contribution is 2.18. The number of unbranched alkanes of at least 4 members (excludes halogenated alkanes) is 1. The van der Waals surface area contributed by atoms with Gasteiger partial charge in [0.25, 0.3) is 5.91 Å². The summed E-state index contributed by atoms with van der Waals surface area (Å²) in [4.78, 5) is 11.9. The van der Waals surface area contributed by atoms with Crippen molar-refractivity contribution in [1.82, 2.24) is 5.32 Å². The molecule has 1 rings (SSSR count). The van der Waals surface area contributed by atoms with Gasteiger partial charge in [-0.2, -0.15) is 0 Å². The van der Waals surface area contributed by atoms with E-state index in [1.807, 2.05) is 18.2 Å². The number of rotatable bonds is 8. The molecule has 1 aromatic rings. The van der Waals surface area contributed by atoms with E-state index >= 15 is 0 Å². The third-order valence-corrected chi connectivity index (χ3v) is 3.50. The van der Waals surface area contributed by atoms with Gasteiger partial charge < -0.3 is 5.32 Å². The maximum Gasteiger partial charge on any atom is 0.251 e. The van der Waals surface area contributed by atoms with Crippen LogP contribution in [0.4, 0.5) is 0 Å². The monoisotopic (exact) mass is 273 g/mol. The molecule has 0 aliphatic heterocycles. The second-order valence-electron chi connectivity index (χ2n) is 5.14. The zero-order valence-corrected chi connectivity index (χ0v) is 13.0. The van der Waals surface area contributed by atoms with Crippen molar-refractivity contribution in [2.75, 3.05) is 7.05 Å². The predicted octanol–water partition coefficient (Wildman–Crippen LogP) is 4.51. The third-order valence-electron chi connectivity index (χ3n) is 3.50. The Balaban J connectivity index is 2.75. The molecule has 1 aromatic carbocycles. The zero-order chi connectivity index (χ0) is 14.8. The molecule has 0 atom stereocenters. The smallest absolute Gasteiger partial charge is 0.251 e. The summed E-state index contributed by atoms with van der Waals surface area (Å²) >= 11 is 0. The largest absolute Gasteiger partial charge is 0.355 e. The van der Waals surface area contributed by atoms with Gasteiger partial charge in [0.05, 0.1) is 0 Å². The Morgan fingerprint density at radius 1 is 1.15 bits per heavy atom. The second-order valence-corrected chi connectivity index (χ2v) is 5.14. The van der Waals surface area contributed by atoms with Gasteiger partial charge in [-0.3, -0.25) is 4.79 Å². The molecule has 0 heterocycles. The van der Waals surface area contributed by atoms with Crippen LogP contribution in [0, 0.1) is 0 Å². The fourth-order valence-electron chi connectivity index (χ4n) is 2.39. The zero-order valence-electron chi connectivity index (χ0n) is 13.0. The molecule has 20 heavy (non-hydrogen) atoms. The Morgan fingerprint density at radius 3 is 2.55 bits per heavy atom. The van der Waals surface area contributed by atoms with Crippen LogP contribution in [0.1, 0.15) is 61.9 Å². The molecule has 0 saturated carbocycles. The van der Waals surface area contributed by atoms with Gasteiger partial charge in [-0.05, 0) is 37.3 Å². The maximum atomic E-state index is 11.9. The minimum Gasteiger partial charge on any atom is -0.355 e. The van der Waals surface area contributed by atoms with Crippen LogP contribution in [0.2, 0.25) is 0 Å². The van der Waals surface area contributed by atoms with Crippen LogP contribution in [-0.4, -0.2) is 13.0 Å². The summed E-state index contributed by atoms with van der Waals surface area (Å²) in [5.74, 6) is 0.00943. The molecule has 0 aliphatic carbocycles. The topological polar surface area (TPSA) is 29.1 Å². The number of allylic oxidation sites excluding steroid dienone is 2. The Kier molecular flexibility index (Phi) is 7.71. The normalized spacial score (nSPS) is 11.4. The van der Waals surface area contributed by atoms with E-state index in [1.54, 1.807) is 7.05 Å². The van der Waals surface area contributed by atoms with Gasteiger partial charge in [-0.15, -0.1) is 0 Å². The van der Waals surface area contributed by atoms with Crippen molar-refractivity contribution in [3.63, 3.8) is 0 Å². The van der Waals surface area contributed by atoms with Crippen molar-refractivity contribution in [1.29, 1.82) is 0 Å². The lowest BCUT2D eigenvalue weighted by Gasteiger charge is -2.10. The van der Waals surface area contributed by atoms with Crippen LogP contribution in [0.25, 0.3) is 0 Å². The van der Waals surface area contributed by atoms with Crippen molar-refractivity contribution in [3.8, 4) is 0 Å². The number of amides is 1. The minimum atomic E-state index is 0.00943. The van der Waals surface area contributed by atoms with Gasteiger partial charge in [0, 0.05) is 12.6 Å². The molecule has 2 heteroatoms. The SMILES string of the molecule is CCC/C=C(\CCC)CCc1ccccc1C(=O)NC. The average Bonchev–Trinajstić information content (AvgIpc) is 2.49. The molecule has 0 aliphatic rings. The summed E-state index contributed by atoms with van der Waals surface area (Å²) in [6, 6.07) is 7.91. The molecule has 0 radical (unpaired) electrons. The molecule has 0 fully saturated rings. The average molecular weight is 273 g/mol. The number of carbonyl (C=O) groups is 1. The van der Waals surface area contributed by atoms with E-state index in [2.05, 4.69) is 31.3 Å². The molecule has 1 N–H and O–H groups in total. The molecule has 1 amide bonds. The summed E-state index contributed by atoms with van der Waals surface area (Å²) in [7, 11) is 1.68. The lowest BCUT2D eigenvalue weighted by molar-refractivity contribution is 0.0962. The number of nitrogens with one attached hydrogen (secondary N) is 1. The lowest BCUT2D eigenvalue weighted by Crippen LogP contribution is -2.19. The highest BCUT2D eigenvalue weighted by atomic mass is 16.1. The first-order valence-corrected chi connectivity index (χ1v) is 7.70. The van der Waals surface area contributed by atoms with Crippen LogP contribution < -0.4 is 5.32 Å². The first-order valence-electron chi connectivity index (χ1n) is 7.70. The first kappa shape index (κ1) is 16.5. The fourth-order valence-corrected chi connectivity index (χ4v) is 2.39. The Morgan fingerprint density at radius 2 is 1.90 bits per heavy atom. The highest BCUT2D eigenvalue weighted by Gasteiger charge is 2.09. The Bertz CT molecular complexity index is 448. The van der Waals surface area contributed by atoms with Gasteiger partial charge in [0.1, 0.15) is 0 Å². The van der Waals surface area contributed by atoms with Crippen molar-refractivity contribution < 1.29 is 4.79 Å². The summed E-state index contributed by atoms with van der Waals surface area (Å²) in [6.45, 7) is 4.43. The first-order chi connectivity index (χ1) is 9.72. The molecule has 0 saturated heterocycles. The van der Waals surface area contributed by atoms with E-state index in [-0.39, 0.29) is 5.91 Å². The van der Waals surface area contributed by atoms with E-state index in [9.17, 15) is 4.79 Å². The standard InChI is InChI=1S/C18H27NO/c1-4-6-10-15(9-5-2)13-14-16-11-7-8-12-17(16)18(20)19-3/h7-8,10-12H,4-6,9,13-14H2,1-3H3,(H,19,20)/b15-10+. The number of aryl methyl sites for hydroxylation is 1. The molecule has 0 aromatic heterocycles. The van der Waals surface area contributed by atoms with Crippen molar-refractivity contribution in [3.05, 3.63) is 47.0 Å².